The van der Waals surface area contributed by atoms with Crippen molar-refractivity contribution in [2.24, 2.45) is 0 Å². The summed E-state index contributed by atoms with van der Waals surface area (Å²) in [5.74, 6) is 1.70. The number of benzene rings is 2. The molecule has 0 aliphatic carbocycles. The quantitative estimate of drug-likeness (QED) is 0.675. The van der Waals surface area contributed by atoms with Crippen LogP contribution in [0.3, 0.4) is 0 Å². The van der Waals surface area contributed by atoms with Gasteiger partial charge in [0.25, 0.3) is 0 Å². The first-order chi connectivity index (χ1) is 8.19. The van der Waals surface area contributed by atoms with E-state index in [1.165, 1.54) is 0 Å². The first kappa shape index (κ1) is 12.6. The van der Waals surface area contributed by atoms with E-state index < -0.39 is 0 Å². The van der Waals surface area contributed by atoms with Crippen LogP contribution < -0.4 is 4.74 Å². The molecule has 4 heteroatoms. The van der Waals surface area contributed by atoms with Gasteiger partial charge in [-0.25, -0.2) is 0 Å². The third-order valence-electron chi connectivity index (χ3n) is 2.18. The maximum absolute atomic E-state index is 5.90. The molecule has 0 saturated heterocycles. The molecule has 2 aromatic carbocycles. The Labute approximate surface area is 115 Å². The summed E-state index contributed by atoms with van der Waals surface area (Å²) in [7, 11) is 0. The van der Waals surface area contributed by atoms with E-state index in [1.54, 1.807) is 18.2 Å². The second-order valence-corrected chi connectivity index (χ2v) is 4.59. The maximum Gasteiger partial charge on any atom is 0.131 e. The van der Waals surface area contributed by atoms with Gasteiger partial charge in [0, 0.05) is 15.6 Å². The van der Waals surface area contributed by atoms with Crippen molar-refractivity contribution in [2.45, 2.75) is 5.88 Å². The Kier molecular flexibility index (Phi) is 4.16. The molecule has 0 bridgehead atoms. The van der Waals surface area contributed by atoms with Gasteiger partial charge in [-0.15, -0.1) is 11.6 Å². The summed E-state index contributed by atoms with van der Waals surface area (Å²) in [6.07, 6.45) is 0. The predicted octanol–water partition coefficient (Wildman–Crippen LogP) is 5.52. The Hall–Kier alpha value is -0.890. The highest BCUT2D eigenvalue weighted by molar-refractivity contribution is 6.34. The van der Waals surface area contributed by atoms with Crippen LogP contribution >= 0.6 is 34.8 Å². The van der Waals surface area contributed by atoms with Gasteiger partial charge in [-0.2, -0.15) is 0 Å². The Morgan fingerprint density at radius 3 is 2.24 bits per heavy atom. The molecule has 2 aromatic rings. The van der Waals surface area contributed by atoms with Crippen molar-refractivity contribution in [3.63, 3.8) is 0 Å². The van der Waals surface area contributed by atoms with Crippen LogP contribution in [0.25, 0.3) is 0 Å². The largest absolute Gasteiger partial charge is 0.457 e. The van der Waals surface area contributed by atoms with E-state index in [0.29, 0.717) is 27.4 Å². The van der Waals surface area contributed by atoms with E-state index in [2.05, 4.69) is 0 Å². The number of hydrogen-bond donors (Lipinski definition) is 0. The lowest BCUT2D eigenvalue weighted by atomic mass is 10.2. The molecule has 0 aromatic heterocycles. The molecule has 0 aliphatic heterocycles. The number of alkyl halides is 1. The molecule has 0 amide bonds. The van der Waals surface area contributed by atoms with Crippen LogP contribution in [0, 0.1) is 0 Å². The summed E-state index contributed by atoms with van der Waals surface area (Å²) in [4.78, 5) is 0. The minimum absolute atomic E-state index is 0.393. The van der Waals surface area contributed by atoms with Crippen LogP contribution in [0.4, 0.5) is 0 Å². The number of hydrogen-bond acceptors (Lipinski definition) is 1. The third-order valence-corrected chi connectivity index (χ3v) is 2.90. The summed E-state index contributed by atoms with van der Waals surface area (Å²) >= 11 is 17.6. The standard InChI is InChI=1S/C13H9Cl3O/c14-8-9-3-1-2-4-13(9)17-12-6-10(15)5-11(16)7-12/h1-7H,8H2. The zero-order valence-electron chi connectivity index (χ0n) is 8.79. The fourth-order valence-electron chi connectivity index (χ4n) is 1.43. The molecule has 0 aliphatic rings. The molecule has 0 unspecified atom stereocenters. The average molecular weight is 288 g/mol. The van der Waals surface area contributed by atoms with Crippen molar-refractivity contribution < 1.29 is 4.74 Å². The Bertz CT molecular complexity index is 506. The molecule has 0 saturated carbocycles. The fourth-order valence-corrected chi connectivity index (χ4v) is 2.16. The molecule has 2 rings (SSSR count). The van der Waals surface area contributed by atoms with Gasteiger partial charge in [0.15, 0.2) is 0 Å². The highest BCUT2D eigenvalue weighted by Crippen LogP contribution is 2.30. The SMILES string of the molecule is ClCc1ccccc1Oc1cc(Cl)cc(Cl)c1. The molecular formula is C13H9Cl3O. The summed E-state index contributed by atoms with van der Waals surface area (Å²) in [5, 5.41) is 1.08. The molecule has 0 N–H and O–H groups in total. The third kappa shape index (κ3) is 3.29. The lowest BCUT2D eigenvalue weighted by Crippen LogP contribution is -1.89. The van der Waals surface area contributed by atoms with E-state index in [-0.39, 0.29) is 0 Å². The van der Waals surface area contributed by atoms with Gasteiger partial charge in [0.2, 0.25) is 0 Å². The molecule has 0 radical (unpaired) electrons. The highest BCUT2D eigenvalue weighted by Gasteiger charge is 2.05. The zero-order chi connectivity index (χ0) is 12.3. The first-order valence-corrected chi connectivity index (χ1v) is 6.26. The molecule has 88 valence electrons. The molecule has 0 heterocycles. The summed E-state index contributed by atoms with van der Waals surface area (Å²) in [6.45, 7) is 0. The molecule has 0 spiro atoms. The normalized spacial score (nSPS) is 10.3. The van der Waals surface area contributed by atoms with Crippen molar-refractivity contribution in [1.29, 1.82) is 0 Å². The van der Waals surface area contributed by atoms with Crippen LogP contribution in [-0.2, 0) is 5.88 Å². The van der Waals surface area contributed by atoms with Crippen LogP contribution in [0.2, 0.25) is 10.0 Å². The summed E-state index contributed by atoms with van der Waals surface area (Å²) in [6, 6.07) is 12.6. The number of rotatable bonds is 3. The Morgan fingerprint density at radius 2 is 1.59 bits per heavy atom. The van der Waals surface area contributed by atoms with Crippen LogP contribution in [0.15, 0.2) is 42.5 Å². The molecular weight excluding hydrogens is 279 g/mol. The van der Waals surface area contributed by atoms with Gasteiger partial charge in [0.1, 0.15) is 11.5 Å². The minimum Gasteiger partial charge on any atom is -0.457 e. The molecule has 0 fully saturated rings. The van der Waals surface area contributed by atoms with Crippen LogP contribution in [-0.4, -0.2) is 0 Å². The van der Waals surface area contributed by atoms with Crippen molar-refractivity contribution >= 4 is 34.8 Å². The molecule has 17 heavy (non-hydrogen) atoms. The van der Waals surface area contributed by atoms with Gasteiger partial charge in [-0.3, -0.25) is 0 Å². The minimum atomic E-state index is 0.393. The second kappa shape index (κ2) is 5.63. The summed E-state index contributed by atoms with van der Waals surface area (Å²) < 4.78 is 5.71. The highest BCUT2D eigenvalue weighted by atomic mass is 35.5. The van der Waals surface area contributed by atoms with Gasteiger partial charge in [-0.05, 0) is 24.3 Å². The summed E-state index contributed by atoms with van der Waals surface area (Å²) in [5.41, 5.74) is 0.922. The molecule has 1 nitrogen and oxygen atoms in total. The Balaban J connectivity index is 2.31. The number of halogens is 3. The van der Waals surface area contributed by atoms with E-state index in [9.17, 15) is 0 Å². The number of ether oxygens (including phenoxy) is 1. The monoisotopic (exact) mass is 286 g/mol. The van der Waals surface area contributed by atoms with Gasteiger partial charge < -0.3 is 4.74 Å². The van der Waals surface area contributed by atoms with E-state index in [0.717, 1.165) is 5.56 Å². The average Bonchev–Trinajstić information content (AvgIpc) is 2.28. The fraction of sp³-hybridized carbons (Fsp3) is 0.0769. The lowest BCUT2D eigenvalue weighted by molar-refractivity contribution is 0.478. The predicted molar refractivity (Wildman–Crippen MR) is 72.5 cm³/mol. The second-order valence-electron chi connectivity index (χ2n) is 3.45. The zero-order valence-corrected chi connectivity index (χ0v) is 11.1. The smallest absolute Gasteiger partial charge is 0.131 e. The lowest BCUT2D eigenvalue weighted by Gasteiger charge is -2.09. The van der Waals surface area contributed by atoms with E-state index in [1.807, 2.05) is 24.3 Å². The van der Waals surface area contributed by atoms with Crippen molar-refractivity contribution in [2.75, 3.05) is 0 Å². The van der Waals surface area contributed by atoms with E-state index >= 15 is 0 Å². The topological polar surface area (TPSA) is 9.23 Å². The van der Waals surface area contributed by atoms with Crippen molar-refractivity contribution in [3.8, 4) is 11.5 Å². The van der Waals surface area contributed by atoms with Crippen LogP contribution in [0.1, 0.15) is 5.56 Å². The van der Waals surface area contributed by atoms with E-state index in [4.69, 9.17) is 39.5 Å². The van der Waals surface area contributed by atoms with Crippen molar-refractivity contribution in [1.82, 2.24) is 0 Å². The molecule has 0 atom stereocenters. The van der Waals surface area contributed by atoms with Crippen LogP contribution in [0.5, 0.6) is 11.5 Å². The van der Waals surface area contributed by atoms with Gasteiger partial charge >= 0.3 is 0 Å². The van der Waals surface area contributed by atoms with Crippen molar-refractivity contribution in [3.05, 3.63) is 58.1 Å². The van der Waals surface area contributed by atoms with Gasteiger partial charge in [-0.1, -0.05) is 41.4 Å². The Morgan fingerprint density at radius 1 is 0.941 bits per heavy atom. The number of para-hydroxylation sites is 1. The first-order valence-electron chi connectivity index (χ1n) is 4.97. The van der Waals surface area contributed by atoms with Gasteiger partial charge in [0.05, 0.1) is 5.88 Å². The maximum atomic E-state index is 5.90.